The SMILES string of the molecule is CCN(CC)S(=O)(=O)c1cc(C(=O)NCc2cccc3c2OCCO3)ccc1Cl. The van der Waals surface area contributed by atoms with Gasteiger partial charge in [-0.3, -0.25) is 4.79 Å². The first-order valence-corrected chi connectivity index (χ1v) is 11.2. The Morgan fingerprint density at radius 3 is 2.59 bits per heavy atom. The number of nitrogens with one attached hydrogen (secondary N) is 1. The van der Waals surface area contributed by atoms with Crippen LogP contribution in [0.25, 0.3) is 0 Å². The molecule has 0 saturated heterocycles. The summed E-state index contributed by atoms with van der Waals surface area (Å²) in [6.45, 7) is 5.26. The molecule has 0 spiro atoms. The van der Waals surface area contributed by atoms with Crippen molar-refractivity contribution in [2.75, 3.05) is 26.3 Å². The fraction of sp³-hybridized carbons (Fsp3) is 0.350. The van der Waals surface area contributed by atoms with Crippen LogP contribution in [0.15, 0.2) is 41.3 Å². The molecule has 1 aliphatic rings. The molecule has 0 aliphatic carbocycles. The van der Waals surface area contributed by atoms with Gasteiger partial charge in [0.1, 0.15) is 18.1 Å². The summed E-state index contributed by atoms with van der Waals surface area (Å²) in [6, 6.07) is 9.71. The van der Waals surface area contributed by atoms with E-state index in [0.717, 1.165) is 5.56 Å². The lowest BCUT2D eigenvalue weighted by Crippen LogP contribution is -2.31. The van der Waals surface area contributed by atoms with Crippen LogP contribution in [0.5, 0.6) is 11.5 Å². The lowest BCUT2D eigenvalue weighted by atomic mass is 10.1. The summed E-state index contributed by atoms with van der Waals surface area (Å²) in [5.41, 5.74) is 0.989. The third kappa shape index (κ3) is 4.49. The number of carbonyl (C=O) groups is 1. The summed E-state index contributed by atoms with van der Waals surface area (Å²) in [6.07, 6.45) is 0. The Hall–Kier alpha value is -2.29. The lowest BCUT2D eigenvalue weighted by Gasteiger charge is -2.21. The third-order valence-electron chi connectivity index (χ3n) is 4.60. The predicted molar refractivity (Wildman–Crippen MR) is 110 cm³/mol. The van der Waals surface area contributed by atoms with E-state index in [9.17, 15) is 13.2 Å². The molecule has 1 N–H and O–H groups in total. The molecule has 1 heterocycles. The molecular weight excluding hydrogens is 416 g/mol. The predicted octanol–water partition coefficient (Wildman–Crippen LogP) is 3.07. The highest BCUT2D eigenvalue weighted by Crippen LogP contribution is 2.33. The molecule has 7 nitrogen and oxygen atoms in total. The molecule has 2 aromatic carbocycles. The zero-order valence-corrected chi connectivity index (χ0v) is 17.8. The van der Waals surface area contributed by atoms with E-state index in [2.05, 4.69) is 5.32 Å². The van der Waals surface area contributed by atoms with E-state index >= 15 is 0 Å². The average molecular weight is 439 g/mol. The number of sulfonamides is 1. The van der Waals surface area contributed by atoms with Crippen LogP contribution in [0.1, 0.15) is 29.8 Å². The fourth-order valence-corrected chi connectivity index (χ4v) is 5.05. The number of benzene rings is 2. The molecule has 1 aliphatic heterocycles. The fourth-order valence-electron chi connectivity index (χ4n) is 3.10. The first-order valence-electron chi connectivity index (χ1n) is 9.33. The maximum Gasteiger partial charge on any atom is 0.251 e. The second kappa shape index (κ2) is 9.02. The third-order valence-corrected chi connectivity index (χ3v) is 7.14. The van der Waals surface area contributed by atoms with Crippen LogP contribution in [0.4, 0.5) is 0 Å². The number of nitrogens with zero attached hydrogens (tertiary/aromatic N) is 1. The van der Waals surface area contributed by atoms with Crippen molar-refractivity contribution in [1.29, 1.82) is 0 Å². The van der Waals surface area contributed by atoms with E-state index in [4.69, 9.17) is 21.1 Å². The van der Waals surface area contributed by atoms with Gasteiger partial charge in [0.05, 0.1) is 5.02 Å². The highest BCUT2D eigenvalue weighted by molar-refractivity contribution is 7.89. The van der Waals surface area contributed by atoms with E-state index in [0.29, 0.717) is 37.8 Å². The molecule has 2 aromatic rings. The van der Waals surface area contributed by atoms with Gasteiger partial charge >= 0.3 is 0 Å². The van der Waals surface area contributed by atoms with Crippen LogP contribution in [-0.4, -0.2) is 44.9 Å². The van der Waals surface area contributed by atoms with Crippen LogP contribution < -0.4 is 14.8 Å². The van der Waals surface area contributed by atoms with Crippen LogP contribution in [0.2, 0.25) is 5.02 Å². The molecule has 0 fully saturated rings. The van der Waals surface area contributed by atoms with Crippen molar-refractivity contribution in [2.45, 2.75) is 25.3 Å². The summed E-state index contributed by atoms with van der Waals surface area (Å²) in [5, 5.41) is 2.87. The van der Waals surface area contributed by atoms with Crippen molar-refractivity contribution >= 4 is 27.5 Å². The van der Waals surface area contributed by atoms with E-state index in [-0.39, 0.29) is 22.0 Å². The number of fused-ring (bicyclic) bond motifs is 1. The number of para-hydroxylation sites is 1. The standard InChI is InChI=1S/C20H23ClN2O5S/c1-3-23(4-2)29(25,26)18-12-14(8-9-16(18)21)20(24)22-13-15-6-5-7-17-19(15)28-11-10-27-17/h5-9,12H,3-4,10-11,13H2,1-2H3,(H,22,24). The largest absolute Gasteiger partial charge is 0.486 e. The van der Waals surface area contributed by atoms with E-state index in [1.807, 2.05) is 18.2 Å². The quantitative estimate of drug-likeness (QED) is 0.718. The number of carbonyl (C=O) groups excluding carboxylic acids is 1. The van der Waals surface area contributed by atoms with Gasteiger partial charge in [-0.05, 0) is 24.3 Å². The molecule has 0 radical (unpaired) electrons. The smallest absolute Gasteiger partial charge is 0.251 e. The van der Waals surface area contributed by atoms with Crippen molar-refractivity contribution < 1.29 is 22.7 Å². The first-order chi connectivity index (χ1) is 13.9. The van der Waals surface area contributed by atoms with Gasteiger partial charge < -0.3 is 14.8 Å². The maximum atomic E-state index is 12.8. The summed E-state index contributed by atoms with van der Waals surface area (Å²) >= 11 is 6.13. The van der Waals surface area contributed by atoms with Gasteiger partial charge in [0.15, 0.2) is 11.5 Å². The second-order valence-electron chi connectivity index (χ2n) is 6.36. The molecule has 0 aromatic heterocycles. The van der Waals surface area contributed by atoms with E-state index in [1.54, 1.807) is 13.8 Å². The number of hydrogen-bond acceptors (Lipinski definition) is 5. The molecule has 156 valence electrons. The number of rotatable bonds is 7. The minimum absolute atomic E-state index is 0.0793. The van der Waals surface area contributed by atoms with Gasteiger partial charge in [-0.1, -0.05) is 37.6 Å². The molecule has 29 heavy (non-hydrogen) atoms. The van der Waals surface area contributed by atoms with Gasteiger partial charge in [0.25, 0.3) is 5.91 Å². The first kappa shape index (κ1) is 21.4. The lowest BCUT2D eigenvalue weighted by molar-refractivity contribution is 0.0949. The highest BCUT2D eigenvalue weighted by Gasteiger charge is 2.25. The zero-order chi connectivity index (χ0) is 21.0. The Kier molecular flexibility index (Phi) is 6.66. The second-order valence-corrected chi connectivity index (χ2v) is 8.67. The molecule has 0 atom stereocenters. The van der Waals surface area contributed by atoms with Gasteiger partial charge in [-0.2, -0.15) is 4.31 Å². The molecule has 9 heteroatoms. The number of ether oxygens (including phenoxy) is 2. The normalized spacial score (nSPS) is 13.4. The summed E-state index contributed by atoms with van der Waals surface area (Å²) in [5.74, 6) is 0.842. The number of hydrogen-bond donors (Lipinski definition) is 1. The number of halogens is 1. The Bertz CT molecular complexity index is 1010. The Balaban J connectivity index is 1.81. The van der Waals surface area contributed by atoms with E-state index < -0.39 is 15.9 Å². The van der Waals surface area contributed by atoms with Gasteiger partial charge in [-0.15, -0.1) is 0 Å². The number of amides is 1. The highest BCUT2D eigenvalue weighted by atomic mass is 35.5. The summed E-state index contributed by atoms with van der Waals surface area (Å²) in [7, 11) is -3.78. The minimum atomic E-state index is -3.78. The van der Waals surface area contributed by atoms with Crippen molar-refractivity contribution in [3.8, 4) is 11.5 Å². The van der Waals surface area contributed by atoms with Gasteiger partial charge in [-0.25, -0.2) is 8.42 Å². The van der Waals surface area contributed by atoms with Crippen molar-refractivity contribution in [3.05, 3.63) is 52.5 Å². The topological polar surface area (TPSA) is 84.9 Å². The molecular formula is C20H23ClN2O5S. The van der Waals surface area contributed by atoms with Gasteiger partial charge in [0.2, 0.25) is 10.0 Å². The van der Waals surface area contributed by atoms with Crippen LogP contribution in [-0.2, 0) is 16.6 Å². The molecule has 0 bridgehead atoms. The Morgan fingerprint density at radius 1 is 1.14 bits per heavy atom. The summed E-state index contributed by atoms with van der Waals surface area (Å²) in [4.78, 5) is 12.6. The van der Waals surface area contributed by atoms with Gasteiger partial charge in [0, 0.05) is 30.8 Å². The Morgan fingerprint density at radius 2 is 1.86 bits per heavy atom. The molecule has 0 unspecified atom stereocenters. The molecule has 0 saturated carbocycles. The minimum Gasteiger partial charge on any atom is -0.486 e. The van der Waals surface area contributed by atoms with Crippen LogP contribution in [0.3, 0.4) is 0 Å². The van der Waals surface area contributed by atoms with Crippen molar-refractivity contribution in [2.24, 2.45) is 0 Å². The van der Waals surface area contributed by atoms with Crippen molar-refractivity contribution in [1.82, 2.24) is 9.62 Å². The van der Waals surface area contributed by atoms with Crippen molar-refractivity contribution in [3.63, 3.8) is 0 Å². The molecule has 3 rings (SSSR count). The average Bonchev–Trinajstić information content (AvgIpc) is 2.72. The maximum absolute atomic E-state index is 12.8. The van der Waals surface area contributed by atoms with Crippen LogP contribution in [0, 0.1) is 0 Å². The molecule has 1 amide bonds. The summed E-state index contributed by atoms with van der Waals surface area (Å²) < 4.78 is 38.1. The van der Waals surface area contributed by atoms with E-state index in [1.165, 1.54) is 22.5 Å². The monoisotopic (exact) mass is 438 g/mol. The van der Waals surface area contributed by atoms with Crippen LogP contribution >= 0.6 is 11.6 Å². The Labute approximate surface area is 175 Å². The zero-order valence-electron chi connectivity index (χ0n) is 16.3.